The van der Waals surface area contributed by atoms with Crippen molar-refractivity contribution in [2.75, 3.05) is 13.1 Å². The normalized spacial score (nSPS) is 15.9. The monoisotopic (exact) mass is 240 g/mol. The average molecular weight is 240 g/mol. The van der Waals surface area contributed by atoms with Crippen LogP contribution in [-0.2, 0) is 9.59 Å². The van der Waals surface area contributed by atoms with E-state index in [1.165, 1.54) is 0 Å². The van der Waals surface area contributed by atoms with E-state index in [0.29, 0.717) is 13.1 Å². The minimum atomic E-state index is -0.418. The Bertz CT molecular complexity index is 254. The largest absolute Gasteiger partial charge is 0.345 e. The van der Waals surface area contributed by atoms with E-state index in [1.54, 1.807) is 4.90 Å². The average Bonchev–Trinajstić information content (AvgIpc) is 2.80. The molecule has 0 aromatic heterocycles. The third-order valence-corrected chi connectivity index (χ3v) is 3.16. The van der Waals surface area contributed by atoms with Gasteiger partial charge in [-0.25, -0.2) is 0 Å². The van der Waals surface area contributed by atoms with Gasteiger partial charge in [0.1, 0.15) is 0 Å². The van der Waals surface area contributed by atoms with Crippen LogP contribution in [0.1, 0.15) is 52.4 Å². The van der Waals surface area contributed by atoms with Gasteiger partial charge in [-0.05, 0) is 25.7 Å². The summed E-state index contributed by atoms with van der Waals surface area (Å²) in [6, 6.07) is 0.219. The van der Waals surface area contributed by atoms with Gasteiger partial charge in [-0.1, -0.05) is 26.7 Å². The summed E-state index contributed by atoms with van der Waals surface area (Å²) >= 11 is 0. The van der Waals surface area contributed by atoms with Gasteiger partial charge >= 0.3 is 11.8 Å². The first-order valence-electron chi connectivity index (χ1n) is 6.78. The fourth-order valence-electron chi connectivity index (χ4n) is 2.32. The lowest BCUT2D eigenvalue weighted by atomic mass is 10.2. The summed E-state index contributed by atoms with van der Waals surface area (Å²) in [6.45, 7) is 5.38. The molecule has 98 valence electrons. The Balaban J connectivity index is 2.44. The molecule has 0 aliphatic heterocycles. The number of hydrogen-bond donors (Lipinski definition) is 1. The van der Waals surface area contributed by atoms with E-state index >= 15 is 0 Å². The second kappa shape index (κ2) is 7.30. The first kappa shape index (κ1) is 14.0. The van der Waals surface area contributed by atoms with Crippen LogP contribution in [0.15, 0.2) is 0 Å². The lowest BCUT2D eigenvalue weighted by Crippen LogP contribution is -2.46. The molecule has 1 aliphatic carbocycles. The molecule has 0 spiro atoms. The van der Waals surface area contributed by atoms with Crippen molar-refractivity contribution in [1.29, 1.82) is 0 Å². The topological polar surface area (TPSA) is 49.4 Å². The third kappa shape index (κ3) is 4.36. The molecule has 1 aliphatic rings. The molecule has 4 heteroatoms. The highest BCUT2D eigenvalue weighted by Gasteiger charge is 2.24. The number of carbonyl (C=O) groups excluding carboxylic acids is 2. The highest BCUT2D eigenvalue weighted by Crippen LogP contribution is 2.17. The highest BCUT2D eigenvalue weighted by atomic mass is 16.2. The molecule has 1 saturated carbocycles. The van der Waals surface area contributed by atoms with Crippen LogP contribution in [-0.4, -0.2) is 35.8 Å². The summed E-state index contributed by atoms with van der Waals surface area (Å²) in [5.74, 6) is -0.778. The van der Waals surface area contributed by atoms with E-state index in [1.807, 2.05) is 13.8 Å². The van der Waals surface area contributed by atoms with Gasteiger partial charge in [0, 0.05) is 19.1 Å². The maximum Gasteiger partial charge on any atom is 0.311 e. The Hall–Kier alpha value is -1.06. The van der Waals surface area contributed by atoms with Crippen molar-refractivity contribution in [3.8, 4) is 0 Å². The van der Waals surface area contributed by atoms with Crippen molar-refractivity contribution >= 4 is 11.8 Å². The van der Waals surface area contributed by atoms with E-state index in [2.05, 4.69) is 5.32 Å². The van der Waals surface area contributed by atoms with E-state index < -0.39 is 5.91 Å². The van der Waals surface area contributed by atoms with Crippen molar-refractivity contribution in [3.63, 3.8) is 0 Å². The number of rotatable bonds is 5. The van der Waals surface area contributed by atoms with E-state index in [4.69, 9.17) is 0 Å². The fourth-order valence-corrected chi connectivity index (χ4v) is 2.32. The van der Waals surface area contributed by atoms with Crippen molar-refractivity contribution in [2.24, 2.45) is 0 Å². The Morgan fingerprint density at radius 2 is 1.65 bits per heavy atom. The first-order chi connectivity index (χ1) is 8.19. The predicted molar refractivity (Wildman–Crippen MR) is 67.6 cm³/mol. The predicted octanol–water partition coefficient (Wildman–Crippen LogP) is 1.69. The molecule has 0 aromatic carbocycles. The zero-order valence-corrected chi connectivity index (χ0v) is 11.0. The van der Waals surface area contributed by atoms with Gasteiger partial charge in [-0.2, -0.15) is 0 Å². The summed E-state index contributed by atoms with van der Waals surface area (Å²) in [5.41, 5.74) is 0. The molecule has 17 heavy (non-hydrogen) atoms. The second-order valence-corrected chi connectivity index (χ2v) is 4.75. The SMILES string of the molecule is CCCN(CCC)C(=O)C(=O)NC1CCCC1. The van der Waals surface area contributed by atoms with Crippen molar-refractivity contribution in [2.45, 2.75) is 58.4 Å². The summed E-state index contributed by atoms with van der Waals surface area (Å²) in [5, 5.41) is 2.85. The molecule has 1 rings (SSSR count). The molecule has 0 heterocycles. The van der Waals surface area contributed by atoms with Gasteiger partial charge in [0.15, 0.2) is 0 Å². The molecule has 0 atom stereocenters. The fraction of sp³-hybridized carbons (Fsp3) is 0.846. The number of carbonyl (C=O) groups is 2. The lowest BCUT2D eigenvalue weighted by molar-refractivity contribution is -0.146. The highest BCUT2D eigenvalue weighted by molar-refractivity contribution is 6.35. The van der Waals surface area contributed by atoms with Gasteiger partial charge in [0.05, 0.1) is 0 Å². The second-order valence-electron chi connectivity index (χ2n) is 4.75. The molecule has 2 amide bonds. The van der Waals surface area contributed by atoms with Crippen LogP contribution in [0, 0.1) is 0 Å². The molecular formula is C13H24N2O2. The summed E-state index contributed by atoms with van der Waals surface area (Å²) in [7, 11) is 0. The molecule has 4 nitrogen and oxygen atoms in total. The molecular weight excluding hydrogens is 216 g/mol. The minimum Gasteiger partial charge on any atom is -0.345 e. The molecule has 1 fully saturated rings. The first-order valence-corrected chi connectivity index (χ1v) is 6.78. The van der Waals surface area contributed by atoms with Crippen LogP contribution in [0.5, 0.6) is 0 Å². The zero-order chi connectivity index (χ0) is 12.7. The summed E-state index contributed by atoms with van der Waals surface area (Å²) in [4.78, 5) is 25.4. The number of amides is 2. The molecule has 0 aromatic rings. The van der Waals surface area contributed by atoms with Crippen LogP contribution >= 0.6 is 0 Å². The lowest BCUT2D eigenvalue weighted by Gasteiger charge is -2.21. The van der Waals surface area contributed by atoms with E-state index in [9.17, 15) is 9.59 Å². The Morgan fingerprint density at radius 3 is 2.12 bits per heavy atom. The molecule has 1 N–H and O–H groups in total. The molecule has 0 unspecified atom stereocenters. The molecule has 0 saturated heterocycles. The van der Waals surface area contributed by atoms with Crippen LogP contribution in [0.3, 0.4) is 0 Å². The van der Waals surface area contributed by atoms with E-state index in [0.717, 1.165) is 38.5 Å². The van der Waals surface area contributed by atoms with E-state index in [-0.39, 0.29) is 11.9 Å². The maximum atomic E-state index is 11.9. The van der Waals surface area contributed by atoms with Gasteiger partial charge in [-0.15, -0.1) is 0 Å². The Kier molecular flexibility index (Phi) is 6.01. The van der Waals surface area contributed by atoms with Gasteiger partial charge in [0.25, 0.3) is 0 Å². The standard InChI is InChI=1S/C13H24N2O2/c1-3-9-15(10-4-2)13(17)12(16)14-11-7-5-6-8-11/h11H,3-10H2,1-2H3,(H,14,16). The van der Waals surface area contributed by atoms with Crippen LogP contribution in [0.25, 0.3) is 0 Å². The van der Waals surface area contributed by atoms with Crippen LogP contribution < -0.4 is 5.32 Å². The van der Waals surface area contributed by atoms with Gasteiger partial charge in [0.2, 0.25) is 0 Å². The number of nitrogens with one attached hydrogen (secondary N) is 1. The van der Waals surface area contributed by atoms with Gasteiger partial charge < -0.3 is 10.2 Å². The summed E-state index contributed by atoms with van der Waals surface area (Å²) in [6.07, 6.45) is 6.13. The quantitative estimate of drug-likeness (QED) is 0.743. The number of hydrogen-bond acceptors (Lipinski definition) is 2. The minimum absolute atomic E-state index is 0.219. The molecule has 0 radical (unpaired) electrons. The Labute approximate surface area is 104 Å². The van der Waals surface area contributed by atoms with Crippen molar-refractivity contribution in [3.05, 3.63) is 0 Å². The Morgan fingerprint density at radius 1 is 1.12 bits per heavy atom. The van der Waals surface area contributed by atoms with Crippen LogP contribution in [0.2, 0.25) is 0 Å². The smallest absolute Gasteiger partial charge is 0.311 e. The van der Waals surface area contributed by atoms with Crippen molar-refractivity contribution < 1.29 is 9.59 Å². The van der Waals surface area contributed by atoms with Gasteiger partial charge in [-0.3, -0.25) is 9.59 Å². The van der Waals surface area contributed by atoms with Crippen molar-refractivity contribution in [1.82, 2.24) is 10.2 Å². The maximum absolute atomic E-state index is 11.9. The van der Waals surface area contributed by atoms with Crippen LogP contribution in [0.4, 0.5) is 0 Å². The third-order valence-electron chi connectivity index (χ3n) is 3.16. The number of nitrogens with zero attached hydrogens (tertiary/aromatic N) is 1. The summed E-state index contributed by atoms with van der Waals surface area (Å²) < 4.78 is 0. The zero-order valence-electron chi connectivity index (χ0n) is 11.0. The molecule has 0 bridgehead atoms.